The summed E-state index contributed by atoms with van der Waals surface area (Å²) in [6.07, 6.45) is 8.12. The first-order valence-corrected chi connectivity index (χ1v) is 22.6. The minimum absolute atomic E-state index is 0.0587. The zero-order valence-electron chi connectivity index (χ0n) is 35.7. The van der Waals surface area contributed by atoms with Gasteiger partial charge in [-0.3, -0.25) is 19.2 Å². The maximum atomic E-state index is 15.0. The lowest BCUT2D eigenvalue weighted by Gasteiger charge is -2.35. The number of carbonyl (C=O) groups excluding carboxylic acids is 4. The SMILES string of the molecule is CC(C)C(Oc1ccc(C2CCCC2)c(N2C(=O)c3ccc4c5c(c(Br)cc(c35)C2=O)C(=O)N(c2cc(OC(C(C)C)C(C)C)ccc2C2CCCC2)C4=O)c1)C(C)C. The Kier molecular flexibility index (Phi) is 11.3. The largest absolute Gasteiger partial charge is 0.490 e. The summed E-state index contributed by atoms with van der Waals surface area (Å²) in [4.78, 5) is 62.3. The quantitative estimate of drug-likeness (QED) is 0.132. The molecule has 4 aliphatic rings. The second-order valence-electron chi connectivity index (χ2n) is 18.6. The van der Waals surface area contributed by atoms with Gasteiger partial charge in [0.25, 0.3) is 23.6 Å². The molecule has 2 saturated carbocycles. The van der Waals surface area contributed by atoms with Gasteiger partial charge in [0.15, 0.2) is 0 Å². The summed E-state index contributed by atoms with van der Waals surface area (Å²) in [5, 5.41) is 0.673. The van der Waals surface area contributed by atoms with E-state index < -0.39 is 23.6 Å². The number of nitrogens with zero attached hydrogens (tertiary/aromatic N) is 2. The van der Waals surface area contributed by atoms with E-state index in [0.29, 0.717) is 38.1 Å². The molecule has 2 fully saturated rings. The Morgan fingerprint density at radius 3 is 1.32 bits per heavy atom. The fraction of sp³-hybridized carbons (Fsp3) is 0.480. The predicted octanol–water partition coefficient (Wildman–Crippen LogP) is 12.6. The highest BCUT2D eigenvalue weighted by Crippen LogP contribution is 2.48. The fourth-order valence-corrected chi connectivity index (χ4v) is 11.1. The Morgan fingerprint density at radius 1 is 0.508 bits per heavy atom. The topological polar surface area (TPSA) is 93.2 Å². The molecule has 8 rings (SSSR count). The number of ether oxygens (including phenoxy) is 2. The van der Waals surface area contributed by atoms with Gasteiger partial charge in [0, 0.05) is 38.5 Å². The van der Waals surface area contributed by atoms with Gasteiger partial charge in [0.1, 0.15) is 23.7 Å². The monoisotopic (exact) mass is 860 g/mol. The van der Waals surface area contributed by atoms with E-state index in [1.54, 1.807) is 18.2 Å². The van der Waals surface area contributed by atoms with Crippen molar-refractivity contribution >= 4 is 61.7 Å². The van der Waals surface area contributed by atoms with Gasteiger partial charge in [0.2, 0.25) is 0 Å². The van der Waals surface area contributed by atoms with Gasteiger partial charge in [-0.15, -0.1) is 0 Å². The molecule has 2 aliphatic heterocycles. The van der Waals surface area contributed by atoms with Crippen LogP contribution in [0.3, 0.4) is 0 Å². The number of anilines is 2. The molecular formula is C50H57BrN2O6. The highest BCUT2D eigenvalue weighted by Gasteiger charge is 2.44. The van der Waals surface area contributed by atoms with Crippen LogP contribution in [0.25, 0.3) is 10.8 Å². The number of hydrogen-bond donors (Lipinski definition) is 0. The average molecular weight is 862 g/mol. The smallest absolute Gasteiger partial charge is 0.267 e. The molecule has 0 bridgehead atoms. The lowest BCUT2D eigenvalue weighted by molar-refractivity contribution is 0.0871. The second-order valence-corrected chi connectivity index (χ2v) is 19.5. The molecule has 0 spiro atoms. The molecule has 310 valence electrons. The third-order valence-corrected chi connectivity index (χ3v) is 13.8. The molecule has 0 N–H and O–H groups in total. The highest BCUT2D eigenvalue weighted by atomic mass is 79.9. The van der Waals surface area contributed by atoms with Crippen molar-refractivity contribution in [1.82, 2.24) is 0 Å². The van der Waals surface area contributed by atoms with Gasteiger partial charge in [-0.05, 0) is 119 Å². The van der Waals surface area contributed by atoms with E-state index in [4.69, 9.17) is 9.47 Å². The lowest BCUT2D eigenvalue weighted by Crippen LogP contribution is -2.44. The molecule has 0 aromatic heterocycles. The number of amides is 4. The van der Waals surface area contributed by atoms with Crippen LogP contribution in [0, 0.1) is 23.7 Å². The number of benzene rings is 4. The van der Waals surface area contributed by atoms with Crippen molar-refractivity contribution in [3.8, 4) is 11.5 Å². The van der Waals surface area contributed by atoms with Crippen LogP contribution in [0.1, 0.15) is 171 Å². The van der Waals surface area contributed by atoms with Gasteiger partial charge in [0.05, 0.1) is 22.5 Å². The van der Waals surface area contributed by atoms with Crippen LogP contribution in [-0.2, 0) is 0 Å². The maximum Gasteiger partial charge on any atom is 0.267 e. The molecule has 2 heterocycles. The molecule has 8 nitrogen and oxygen atoms in total. The first kappa shape index (κ1) is 41.2. The number of imide groups is 2. The van der Waals surface area contributed by atoms with Crippen LogP contribution in [-0.4, -0.2) is 35.8 Å². The summed E-state index contributed by atoms with van der Waals surface area (Å²) >= 11 is 3.70. The predicted molar refractivity (Wildman–Crippen MR) is 237 cm³/mol. The number of rotatable bonds is 12. The Morgan fingerprint density at radius 2 is 0.898 bits per heavy atom. The van der Waals surface area contributed by atoms with Gasteiger partial charge < -0.3 is 9.47 Å². The summed E-state index contributed by atoms with van der Waals surface area (Å²) in [5.74, 6) is 0.675. The van der Waals surface area contributed by atoms with Crippen LogP contribution >= 0.6 is 15.9 Å². The van der Waals surface area contributed by atoms with Crippen molar-refractivity contribution in [1.29, 1.82) is 0 Å². The molecule has 9 heteroatoms. The molecule has 4 aromatic carbocycles. The van der Waals surface area contributed by atoms with Crippen molar-refractivity contribution in [2.24, 2.45) is 23.7 Å². The number of halogens is 1. The van der Waals surface area contributed by atoms with Gasteiger partial charge in [-0.2, -0.15) is 0 Å². The standard InChI is InChI=1S/C50H57BrN2O6/c1-26(2)45(27(3)4)58-32-17-19-34(30-13-9-10-14-30)40(23-32)52-47(54)36-21-22-37-43-42(36)38(49(52)56)25-39(51)44(43)50(57)53(48(37)55)41-24-33(59-46(28(5)6)29(7)8)18-20-35(41)31-15-11-12-16-31/h17-31,45-46H,9-16H2,1-8H3. The van der Waals surface area contributed by atoms with Crippen molar-refractivity contribution in [3.63, 3.8) is 0 Å². The first-order valence-electron chi connectivity index (χ1n) is 21.9. The summed E-state index contributed by atoms with van der Waals surface area (Å²) in [7, 11) is 0. The minimum atomic E-state index is -0.501. The minimum Gasteiger partial charge on any atom is -0.490 e. The normalized spacial score (nSPS) is 17.5. The van der Waals surface area contributed by atoms with Crippen molar-refractivity contribution in [2.45, 2.75) is 131 Å². The third kappa shape index (κ3) is 7.19. The van der Waals surface area contributed by atoms with Crippen LogP contribution in [0.2, 0.25) is 0 Å². The second kappa shape index (κ2) is 16.2. The van der Waals surface area contributed by atoms with Gasteiger partial charge >= 0.3 is 0 Å². The number of hydrogen-bond acceptors (Lipinski definition) is 6. The van der Waals surface area contributed by atoms with Crippen molar-refractivity contribution in [3.05, 3.63) is 92.5 Å². The Balaban J connectivity index is 1.24. The third-order valence-electron chi connectivity index (χ3n) is 13.2. The van der Waals surface area contributed by atoms with Gasteiger partial charge in [-0.25, -0.2) is 9.80 Å². The van der Waals surface area contributed by atoms with E-state index in [2.05, 4.69) is 71.3 Å². The molecule has 0 atom stereocenters. The molecule has 59 heavy (non-hydrogen) atoms. The Labute approximate surface area is 357 Å². The van der Waals surface area contributed by atoms with Crippen LogP contribution in [0.5, 0.6) is 11.5 Å². The van der Waals surface area contributed by atoms with Crippen LogP contribution in [0.15, 0.2) is 59.1 Å². The zero-order chi connectivity index (χ0) is 42.0. The number of carbonyl (C=O) groups is 4. The van der Waals surface area contributed by atoms with Gasteiger partial charge in [-0.1, -0.05) is 93.2 Å². The van der Waals surface area contributed by atoms with Crippen LogP contribution in [0.4, 0.5) is 11.4 Å². The van der Waals surface area contributed by atoms with E-state index in [9.17, 15) is 19.2 Å². The van der Waals surface area contributed by atoms with Crippen molar-refractivity contribution < 1.29 is 28.7 Å². The van der Waals surface area contributed by atoms with E-state index >= 15 is 0 Å². The average Bonchev–Trinajstić information content (AvgIpc) is 3.93. The highest BCUT2D eigenvalue weighted by molar-refractivity contribution is 9.10. The molecule has 4 aromatic rings. The zero-order valence-corrected chi connectivity index (χ0v) is 37.3. The first-order chi connectivity index (χ1) is 28.2. The molecule has 0 unspecified atom stereocenters. The van der Waals surface area contributed by atoms with E-state index in [1.165, 1.54) is 9.80 Å². The molecule has 0 radical (unpaired) electrons. The van der Waals surface area contributed by atoms with Crippen molar-refractivity contribution in [2.75, 3.05) is 9.80 Å². The summed E-state index contributed by atoms with van der Waals surface area (Å²) in [5.41, 5.74) is 4.04. The van der Waals surface area contributed by atoms with E-state index in [1.807, 2.05) is 36.4 Å². The Hall–Kier alpha value is -4.50. The summed E-state index contributed by atoms with van der Waals surface area (Å²) < 4.78 is 13.5. The van der Waals surface area contributed by atoms with E-state index in [0.717, 1.165) is 62.5 Å². The maximum absolute atomic E-state index is 15.0. The molecular weight excluding hydrogens is 804 g/mol. The molecule has 2 aliphatic carbocycles. The summed E-state index contributed by atoms with van der Waals surface area (Å²) in [6, 6.07) is 16.7. The Bertz CT molecular complexity index is 2340. The summed E-state index contributed by atoms with van der Waals surface area (Å²) in [6.45, 7) is 17.1. The fourth-order valence-electron chi connectivity index (χ4n) is 10.5. The molecule has 0 saturated heterocycles. The lowest BCUT2D eigenvalue weighted by atomic mass is 9.84. The van der Waals surface area contributed by atoms with Crippen LogP contribution < -0.4 is 19.3 Å². The molecule has 4 amide bonds. The van der Waals surface area contributed by atoms with E-state index in [-0.39, 0.29) is 70.0 Å².